The van der Waals surface area contributed by atoms with E-state index in [0.29, 0.717) is 11.7 Å². The number of aliphatic carboxylic acids is 1. The Morgan fingerprint density at radius 2 is 2.15 bits per heavy atom. The van der Waals surface area contributed by atoms with Crippen LogP contribution in [0.4, 0.5) is 0 Å². The SMILES string of the molecule is O=C(O)C1CSC(C2CC2)N1C(=O)c1ccc[nH]c1=O. The molecule has 1 saturated carbocycles. The van der Waals surface area contributed by atoms with Crippen molar-refractivity contribution in [1.29, 1.82) is 0 Å². The van der Waals surface area contributed by atoms with Crippen LogP contribution in [0.3, 0.4) is 0 Å². The summed E-state index contributed by atoms with van der Waals surface area (Å²) in [6.07, 6.45) is 3.47. The molecule has 2 unspecified atom stereocenters. The third-order valence-electron chi connectivity index (χ3n) is 3.63. The quantitative estimate of drug-likeness (QED) is 0.858. The average Bonchev–Trinajstić information content (AvgIpc) is 3.17. The van der Waals surface area contributed by atoms with Gasteiger partial charge in [-0.05, 0) is 30.9 Å². The van der Waals surface area contributed by atoms with Crippen LogP contribution in [-0.4, -0.2) is 44.0 Å². The van der Waals surface area contributed by atoms with Crippen LogP contribution in [0.2, 0.25) is 0 Å². The van der Waals surface area contributed by atoms with Crippen LogP contribution < -0.4 is 5.56 Å². The van der Waals surface area contributed by atoms with Gasteiger partial charge >= 0.3 is 5.97 Å². The van der Waals surface area contributed by atoms with Crippen molar-refractivity contribution in [3.63, 3.8) is 0 Å². The van der Waals surface area contributed by atoms with Gasteiger partial charge in [-0.1, -0.05) is 0 Å². The second-order valence-corrected chi connectivity index (χ2v) is 6.19. The predicted molar refractivity (Wildman–Crippen MR) is 73.6 cm³/mol. The number of carbonyl (C=O) groups is 2. The van der Waals surface area contributed by atoms with Crippen LogP contribution >= 0.6 is 11.8 Å². The zero-order valence-electron chi connectivity index (χ0n) is 10.6. The molecule has 6 nitrogen and oxygen atoms in total. The summed E-state index contributed by atoms with van der Waals surface area (Å²) in [5, 5.41) is 9.15. The number of hydrogen-bond donors (Lipinski definition) is 2. The molecule has 106 valence electrons. The fourth-order valence-corrected chi connectivity index (χ4v) is 4.08. The summed E-state index contributed by atoms with van der Waals surface area (Å²) in [6, 6.07) is 2.16. The molecule has 0 radical (unpaired) electrons. The smallest absolute Gasteiger partial charge is 0.327 e. The molecule has 2 aliphatic rings. The number of H-pyrrole nitrogens is 1. The van der Waals surface area contributed by atoms with Gasteiger partial charge in [-0.2, -0.15) is 0 Å². The van der Waals surface area contributed by atoms with Crippen molar-refractivity contribution < 1.29 is 14.7 Å². The molecule has 0 bridgehead atoms. The van der Waals surface area contributed by atoms with E-state index in [-0.39, 0.29) is 10.9 Å². The fraction of sp³-hybridized carbons (Fsp3) is 0.462. The van der Waals surface area contributed by atoms with Crippen LogP contribution in [0.5, 0.6) is 0 Å². The van der Waals surface area contributed by atoms with Gasteiger partial charge in [-0.15, -0.1) is 11.8 Å². The van der Waals surface area contributed by atoms with E-state index in [2.05, 4.69) is 4.98 Å². The van der Waals surface area contributed by atoms with E-state index < -0.39 is 23.5 Å². The standard InChI is InChI=1S/C13H14N2O4S/c16-10-8(2-1-5-14-10)11(17)15-9(13(18)19)6-20-12(15)7-3-4-7/h1-2,5,7,9,12H,3-4,6H2,(H,14,16)(H,18,19). The predicted octanol–water partition coefficient (Wildman–Crippen LogP) is 0.753. The minimum absolute atomic E-state index is 0.00639. The number of hydrogen-bond acceptors (Lipinski definition) is 4. The average molecular weight is 294 g/mol. The molecule has 0 spiro atoms. The number of carboxylic acid groups (broad SMARTS) is 1. The monoisotopic (exact) mass is 294 g/mol. The molecule has 2 fully saturated rings. The van der Waals surface area contributed by atoms with Gasteiger partial charge in [0.25, 0.3) is 11.5 Å². The number of amides is 1. The second kappa shape index (κ2) is 4.97. The first-order valence-electron chi connectivity index (χ1n) is 6.44. The summed E-state index contributed by atoms with van der Waals surface area (Å²) in [5.74, 6) is -0.758. The van der Waals surface area contributed by atoms with Crippen molar-refractivity contribution >= 4 is 23.6 Å². The minimum Gasteiger partial charge on any atom is -0.480 e. The number of nitrogens with one attached hydrogen (secondary N) is 1. The summed E-state index contributed by atoms with van der Waals surface area (Å²) in [5.41, 5.74) is -0.472. The Kier molecular flexibility index (Phi) is 3.29. The minimum atomic E-state index is -1.01. The molecule has 1 aliphatic heterocycles. The summed E-state index contributed by atoms with van der Waals surface area (Å²) in [4.78, 5) is 39.4. The Balaban J connectivity index is 1.95. The number of carboxylic acids is 1. The highest BCUT2D eigenvalue weighted by Crippen LogP contribution is 2.45. The van der Waals surface area contributed by atoms with Gasteiger partial charge in [-0.3, -0.25) is 9.59 Å². The van der Waals surface area contributed by atoms with Gasteiger partial charge in [0.1, 0.15) is 11.6 Å². The summed E-state index contributed by atoms with van der Waals surface area (Å²) < 4.78 is 0. The van der Waals surface area contributed by atoms with E-state index in [4.69, 9.17) is 0 Å². The summed E-state index contributed by atoms with van der Waals surface area (Å²) in [7, 11) is 0. The van der Waals surface area contributed by atoms with E-state index in [1.807, 2.05) is 0 Å². The normalized spacial score (nSPS) is 25.7. The molecule has 20 heavy (non-hydrogen) atoms. The molecule has 1 amide bonds. The lowest BCUT2D eigenvalue weighted by atomic mass is 10.2. The number of carbonyl (C=O) groups excluding carboxylic acids is 1. The van der Waals surface area contributed by atoms with Gasteiger partial charge in [0, 0.05) is 11.9 Å². The topological polar surface area (TPSA) is 90.5 Å². The third-order valence-corrected chi connectivity index (χ3v) is 5.09. The Labute approximate surface area is 119 Å². The Morgan fingerprint density at radius 3 is 2.75 bits per heavy atom. The molecule has 1 saturated heterocycles. The van der Waals surface area contributed by atoms with Crippen molar-refractivity contribution in [3.05, 3.63) is 34.2 Å². The lowest BCUT2D eigenvalue weighted by Gasteiger charge is -2.27. The molecular weight excluding hydrogens is 280 g/mol. The summed E-state index contributed by atoms with van der Waals surface area (Å²) in [6.45, 7) is 0. The van der Waals surface area contributed by atoms with Crippen molar-refractivity contribution in [2.45, 2.75) is 24.3 Å². The first-order valence-corrected chi connectivity index (χ1v) is 7.49. The van der Waals surface area contributed by atoms with E-state index in [1.54, 1.807) is 6.07 Å². The van der Waals surface area contributed by atoms with Gasteiger partial charge < -0.3 is 15.0 Å². The van der Waals surface area contributed by atoms with Gasteiger partial charge in [-0.25, -0.2) is 4.79 Å². The molecule has 7 heteroatoms. The molecule has 2 atom stereocenters. The maximum atomic E-state index is 12.6. The van der Waals surface area contributed by atoms with Crippen molar-refractivity contribution in [2.75, 3.05) is 5.75 Å². The van der Waals surface area contributed by atoms with E-state index >= 15 is 0 Å². The number of pyridine rings is 1. The first-order chi connectivity index (χ1) is 9.59. The van der Waals surface area contributed by atoms with E-state index in [1.165, 1.54) is 28.9 Å². The molecule has 1 aromatic heterocycles. The van der Waals surface area contributed by atoms with Crippen molar-refractivity contribution in [1.82, 2.24) is 9.88 Å². The van der Waals surface area contributed by atoms with Crippen LogP contribution in [0.25, 0.3) is 0 Å². The highest BCUT2D eigenvalue weighted by Gasteiger charge is 2.48. The molecule has 0 aromatic carbocycles. The fourth-order valence-electron chi connectivity index (χ4n) is 2.45. The lowest BCUT2D eigenvalue weighted by Crippen LogP contribution is -2.47. The Bertz CT molecular complexity index is 610. The Morgan fingerprint density at radius 1 is 1.40 bits per heavy atom. The van der Waals surface area contributed by atoms with Gasteiger partial charge in [0.2, 0.25) is 0 Å². The van der Waals surface area contributed by atoms with Crippen LogP contribution in [-0.2, 0) is 4.79 Å². The van der Waals surface area contributed by atoms with Gasteiger partial charge in [0.15, 0.2) is 0 Å². The lowest BCUT2D eigenvalue weighted by molar-refractivity contribution is -0.141. The van der Waals surface area contributed by atoms with E-state index in [0.717, 1.165) is 12.8 Å². The zero-order chi connectivity index (χ0) is 14.3. The molecule has 1 aromatic rings. The second-order valence-electron chi connectivity index (χ2n) is 5.04. The molecule has 1 aliphatic carbocycles. The Hall–Kier alpha value is -1.76. The van der Waals surface area contributed by atoms with Crippen molar-refractivity contribution in [3.8, 4) is 0 Å². The highest BCUT2D eigenvalue weighted by atomic mass is 32.2. The number of aromatic nitrogens is 1. The maximum absolute atomic E-state index is 12.6. The molecular formula is C13H14N2O4S. The number of rotatable bonds is 3. The third kappa shape index (κ3) is 2.22. The maximum Gasteiger partial charge on any atom is 0.327 e. The van der Waals surface area contributed by atoms with Crippen LogP contribution in [0, 0.1) is 5.92 Å². The largest absolute Gasteiger partial charge is 0.480 e. The number of thioether (sulfide) groups is 1. The summed E-state index contributed by atoms with van der Waals surface area (Å²) >= 11 is 1.50. The number of nitrogens with zero attached hydrogens (tertiary/aromatic N) is 1. The van der Waals surface area contributed by atoms with Crippen LogP contribution in [0.15, 0.2) is 23.1 Å². The molecule has 2 heterocycles. The van der Waals surface area contributed by atoms with Crippen LogP contribution in [0.1, 0.15) is 23.2 Å². The molecule has 2 N–H and O–H groups in total. The van der Waals surface area contributed by atoms with Gasteiger partial charge in [0.05, 0.1) is 5.37 Å². The molecule has 3 rings (SSSR count). The number of aromatic amines is 1. The highest BCUT2D eigenvalue weighted by molar-refractivity contribution is 8.00. The van der Waals surface area contributed by atoms with E-state index in [9.17, 15) is 19.5 Å². The van der Waals surface area contributed by atoms with Crippen molar-refractivity contribution in [2.24, 2.45) is 5.92 Å². The first kappa shape index (κ1) is 13.2. The zero-order valence-corrected chi connectivity index (χ0v) is 11.4.